The highest BCUT2D eigenvalue weighted by Gasteiger charge is 2.69. The van der Waals surface area contributed by atoms with Gasteiger partial charge in [-0.05, 0) is 49.4 Å². The van der Waals surface area contributed by atoms with Gasteiger partial charge < -0.3 is 4.74 Å². The second-order valence-corrected chi connectivity index (χ2v) is 11.9. The first-order valence-corrected chi connectivity index (χ1v) is 9.76. The average Bonchev–Trinajstić information content (AvgIpc) is 2.82. The number of hydrogen-bond donors (Lipinski definition) is 0. The Morgan fingerprint density at radius 3 is 2.00 bits per heavy atom. The summed E-state index contributed by atoms with van der Waals surface area (Å²) in [6, 6.07) is 0. The number of ether oxygens (including phenoxy) is 1. The topological polar surface area (TPSA) is 26.3 Å². The normalized spacial score (nSPS) is 36.7. The molecule has 0 saturated heterocycles. The van der Waals surface area contributed by atoms with Gasteiger partial charge in [0.15, 0.2) is 0 Å². The van der Waals surface area contributed by atoms with Crippen LogP contribution in [0.25, 0.3) is 0 Å². The maximum Gasteiger partial charge on any atom is 0.310 e. The van der Waals surface area contributed by atoms with E-state index in [1.165, 1.54) is 19.3 Å². The van der Waals surface area contributed by atoms with E-state index in [1.807, 2.05) is 0 Å². The highest BCUT2D eigenvalue weighted by Crippen LogP contribution is 2.69. The Bertz CT molecular complexity index is 498. The van der Waals surface area contributed by atoms with Crippen LogP contribution in [0.5, 0.6) is 0 Å². The summed E-state index contributed by atoms with van der Waals surface area (Å²) in [5, 5.41) is 0. The zero-order valence-electron chi connectivity index (χ0n) is 17.8. The molecule has 24 heavy (non-hydrogen) atoms. The summed E-state index contributed by atoms with van der Waals surface area (Å²) >= 11 is 0. The number of esters is 1. The van der Waals surface area contributed by atoms with Crippen molar-refractivity contribution in [2.75, 3.05) is 0 Å². The van der Waals surface area contributed by atoms with Crippen LogP contribution in [0.1, 0.15) is 94.9 Å². The molecule has 0 spiro atoms. The van der Waals surface area contributed by atoms with E-state index >= 15 is 0 Å². The smallest absolute Gasteiger partial charge is 0.310 e. The molecule has 0 N–H and O–H groups in total. The summed E-state index contributed by atoms with van der Waals surface area (Å²) < 4.78 is 6.45. The Hall–Kier alpha value is -0.530. The van der Waals surface area contributed by atoms with Crippen LogP contribution < -0.4 is 0 Å². The summed E-state index contributed by atoms with van der Waals surface area (Å²) in [7, 11) is 0. The van der Waals surface area contributed by atoms with Gasteiger partial charge >= 0.3 is 5.97 Å². The number of carbonyl (C=O) groups is 1. The maximum absolute atomic E-state index is 13.3. The first kappa shape index (κ1) is 19.8. The van der Waals surface area contributed by atoms with E-state index in [4.69, 9.17) is 4.74 Å². The van der Waals surface area contributed by atoms with E-state index in [-0.39, 0.29) is 39.1 Å². The first-order valence-electron chi connectivity index (χ1n) is 9.76. The first-order chi connectivity index (χ1) is 10.5. The van der Waals surface area contributed by atoms with Crippen molar-refractivity contribution in [2.24, 2.45) is 33.5 Å². The van der Waals surface area contributed by atoms with Crippen LogP contribution in [0, 0.1) is 33.5 Å². The molecular weight excluding hydrogens is 296 g/mol. The summed E-state index contributed by atoms with van der Waals surface area (Å²) in [4.78, 5) is 13.3. The average molecular weight is 337 g/mol. The Balaban J connectivity index is 2.29. The summed E-state index contributed by atoms with van der Waals surface area (Å²) in [6.45, 7) is 22.3. The van der Waals surface area contributed by atoms with Gasteiger partial charge in [-0.15, -0.1) is 0 Å². The molecule has 0 aromatic carbocycles. The minimum Gasteiger partial charge on any atom is -0.458 e. The lowest BCUT2D eigenvalue weighted by Crippen LogP contribution is -2.56. The predicted molar refractivity (Wildman–Crippen MR) is 101 cm³/mol. The zero-order chi connectivity index (χ0) is 18.8. The Labute approximate surface area is 150 Å². The van der Waals surface area contributed by atoms with Crippen LogP contribution in [0.3, 0.4) is 0 Å². The van der Waals surface area contributed by atoms with Gasteiger partial charge in [-0.1, -0.05) is 62.3 Å². The molecule has 2 rings (SSSR count). The molecular formula is C22H40O2. The molecule has 2 fully saturated rings. The SMILES string of the molecule is CC(C)(C)C[C@H](C(=O)OC1(C)C2(C)CCC(C2)C1(C)C)C(C)(C)C. The van der Waals surface area contributed by atoms with Gasteiger partial charge in [0.1, 0.15) is 5.60 Å². The number of fused-ring (bicyclic) bond motifs is 2. The summed E-state index contributed by atoms with van der Waals surface area (Å²) in [5.41, 5.74) is -0.141. The molecule has 0 heterocycles. The molecule has 0 aliphatic heterocycles. The van der Waals surface area contributed by atoms with Gasteiger partial charge in [-0.25, -0.2) is 0 Å². The van der Waals surface area contributed by atoms with E-state index in [9.17, 15) is 4.79 Å². The molecule has 2 nitrogen and oxygen atoms in total. The van der Waals surface area contributed by atoms with Gasteiger partial charge in [-0.2, -0.15) is 0 Å². The van der Waals surface area contributed by atoms with E-state index < -0.39 is 0 Å². The van der Waals surface area contributed by atoms with Crippen LogP contribution in [0.4, 0.5) is 0 Å². The Morgan fingerprint density at radius 2 is 1.62 bits per heavy atom. The molecule has 0 radical (unpaired) electrons. The van der Waals surface area contributed by atoms with Crippen molar-refractivity contribution in [3.8, 4) is 0 Å². The second-order valence-electron chi connectivity index (χ2n) is 11.9. The van der Waals surface area contributed by atoms with Crippen molar-refractivity contribution < 1.29 is 9.53 Å². The lowest BCUT2D eigenvalue weighted by atomic mass is 9.61. The standard InChI is InChI=1S/C22H40O2/c1-18(2,3)14-16(19(4,5)6)17(23)24-22(10)20(7,8)15-11-12-21(22,9)13-15/h15-16H,11-14H2,1-10H3/t15?,16-,21?,22?/m1/s1. The molecule has 2 aliphatic carbocycles. The third-order valence-electron chi connectivity index (χ3n) is 7.59. The fourth-order valence-electron chi connectivity index (χ4n) is 5.34. The van der Waals surface area contributed by atoms with Crippen LogP contribution in [-0.2, 0) is 9.53 Å². The number of rotatable bonds is 3. The largest absolute Gasteiger partial charge is 0.458 e. The Kier molecular flexibility index (Phi) is 4.52. The second kappa shape index (κ2) is 5.48. The quantitative estimate of drug-likeness (QED) is 0.571. The predicted octanol–water partition coefficient (Wildman–Crippen LogP) is 6.23. The van der Waals surface area contributed by atoms with Gasteiger partial charge in [-0.3, -0.25) is 4.79 Å². The highest BCUT2D eigenvalue weighted by molar-refractivity contribution is 5.74. The number of carbonyl (C=O) groups excluding carboxylic acids is 1. The lowest BCUT2D eigenvalue weighted by molar-refractivity contribution is -0.202. The molecule has 2 heteroatoms. The molecule has 2 saturated carbocycles. The molecule has 0 aromatic heterocycles. The van der Waals surface area contributed by atoms with Gasteiger partial charge in [0.05, 0.1) is 5.92 Å². The minimum absolute atomic E-state index is 0.0155. The van der Waals surface area contributed by atoms with Crippen molar-refractivity contribution >= 4 is 5.97 Å². The van der Waals surface area contributed by atoms with E-state index in [0.29, 0.717) is 5.92 Å². The fraction of sp³-hybridized carbons (Fsp3) is 0.955. The maximum atomic E-state index is 13.3. The van der Waals surface area contributed by atoms with Crippen LogP contribution in [-0.4, -0.2) is 11.6 Å². The molecule has 2 aliphatic rings. The monoisotopic (exact) mass is 336 g/mol. The van der Waals surface area contributed by atoms with Crippen molar-refractivity contribution in [3.05, 3.63) is 0 Å². The van der Waals surface area contributed by atoms with Gasteiger partial charge in [0, 0.05) is 10.8 Å². The molecule has 2 bridgehead atoms. The molecule has 3 unspecified atom stereocenters. The zero-order valence-corrected chi connectivity index (χ0v) is 17.8. The minimum atomic E-state index is -0.360. The highest BCUT2D eigenvalue weighted by atomic mass is 16.6. The van der Waals surface area contributed by atoms with Gasteiger partial charge in [0.25, 0.3) is 0 Å². The third-order valence-corrected chi connectivity index (χ3v) is 7.59. The van der Waals surface area contributed by atoms with Crippen molar-refractivity contribution in [3.63, 3.8) is 0 Å². The summed E-state index contributed by atoms with van der Waals surface area (Å²) in [6.07, 6.45) is 4.53. The van der Waals surface area contributed by atoms with E-state index in [0.717, 1.165) is 6.42 Å². The van der Waals surface area contributed by atoms with Crippen LogP contribution >= 0.6 is 0 Å². The Morgan fingerprint density at radius 1 is 1.08 bits per heavy atom. The lowest BCUT2D eigenvalue weighted by Gasteiger charge is -2.52. The number of hydrogen-bond acceptors (Lipinski definition) is 2. The van der Waals surface area contributed by atoms with Gasteiger partial charge in [0.2, 0.25) is 0 Å². The molecule has 0 amide bonds. The van der Waals surface area contributed by atoms with Crippen LogP contribution in [0.2, 0.25) is 0 Å². The van der Waals surface area contributed by atoms with Crippen molar-refractivity contribution in [2.45, 2.75) is 101 Å². The fourth-order valence-corrected chi connectivity index (χ4v) is 5.34. The van der Waals surface area contributed by atoms with Crippen LogP contribution in [0.15, 0.2) is 0 Å². The van der Waals surface area contributed by atoms with E-state index in [1.54, 1.807) is 0 Å². The molecule has 0 aromatic rings. The van der Waals surface area contributed by atoms with Crippen molar-refractivity contribution in [1.82, 2.24) is 0 Å². The van der Waals surface area contributed by atoms with Crippen molar-refractivity contribution in [1.29, 1.82) is 0 Å². The summed E-state index contributed by atoms with van der Waals surface area (Å²) in [5.74, 6) is 0.630. The molecule has 140 valence electrons. The molecule has 4 atom stereocenters. The van der Waals surface area contributed by atoms with E-state index in [2.05, 4.69) is 69.2 Å². The third kappa shape index (κ3) is 3.03.